The van der Waals surface area contributed by atoms with Gasteiger partial charge in [0.15, 0.2) is 0 Å². The number of hydrogen-bond donors (Lipinski definition) is 1. The summed E-state index contributed by atoms with van der Waals surface area (Å²) in [4.78, 5) is 14.9. The van der Waals surface area contributed by atoms with Crippen LogP contribution in [0.2, 0.25) is 0 Å². The first-order valence-electron chi connectivity index (χ1n) is 9.88. The van der Waals surface area contributed by atoms with E-state index in [2.05, 4.69) is 65.7 Å². The molecule has 1 heterocycles. The van der Waals surface area contributed by atoms with Gasteiger partial charge in [-0.25, -0.2) is 0 Å². The zero-order valence-electron chi connectivity index (χ0n) is 16.2. The van der Waals surface area contributed by atoms with Gasteiger partial charge in [-0.3, -0.25) is 9.69 Å². The van der Waals surface area contributed by atoms with E-state index < -0.39 is 0 Å². The Morgan fingerprint density at radius 3 is 2.67 bits per heavy atom. The number of carbonyl (C=O) groups is 1. The first-order chi connectivity index (χ1) is 13.2. The molecular formula is C23H30N2OS. The predicted octanol–water partition coefficient (Wildman–Crippen LogP) is 4.26. The van der Waals surface area contributed by atoms with Gasteiger partial charge < -0.3 is 5.32 Å². The Bertz CT molecular complexity index is 702. The summed E-state index contributed by atoms with van der Waals surface area (Å²) >= 11 is 1.88. The topological polar surface area (TPSA) is 32.3 Å². The molecular weight excluding hydrogens is 352 g/mol. The summed E-state index contributed by atoms with van der Waals surface area (Å²) in [5, 5.41) is 3.15. The summed E-state index contributed by atoms with van der Waals surface area (Å²) < 4.78 is 0. The number of amides is 1. The van der Waals surface area contributed by atoms with E-state index in [-0.39, 0.29) is 11.8 Å². The van der Waals surface area contributed by atoms with E-state index in [1.54, 1.807) is 0 Å². The highest BCUT2D eigenvalue weighted by molar-refractivity contribution is 7.98. The molecule has 0 aliphatic carbocycles. The van der Waals surface area contributed by atoms with Gasteiger partial charge in [-0.15, -0.1) is 0 Å². The zero-order chi connectivity index (χ0) is 18.9. The Balaban J connectivity index is 1.34. The van der Waals surface area contributed by atoms with E-state index in [0.717, 1.165) is 50.5 Å². The molecule has 1 amide bonds. The quantitative estimate of drug-likeness (QED) is 0.693. The van der Waals surface area contributed by atoms with Crippen LogP contribution in [0.5, 0.6) is 0 Å². The number of carbonyl (C=O) groups excluding carboxylic acids is 1. The highest BCUT2D eigenvalue weighted by atomic mass is 32.2. The number of nitrogens with zero attached hydrogens (tertiary/aromatic N) is 1. The van der Waals surface area contributed by atoms with Gasteiger partial charge in [0, 0.05) is 31.1 Å². The largest absolute Gasteiger partial charge is 0.355 e. The number of thioether (sulfide) groups is 1. The van der Waals surface area contributed by atoms with Crippen molar-refractivity contribution < 1.29 is 4.79 Å². The summed E-state index contributed by atoms with van der Waals surface area (Å²) in [5.41, 5.74) is 3.97. The molecule has 3 nitrogen and oxygen atoms in total. The van der Waals surface area contributed by atoms with Crippen molar-refractivity contribution in [2.75, 3.05) is 25.4 Å². The molecule has 144 valence electrons. The van der Waals surface area contributed by atoms with E-state index in [0.29, 0.717) is 0 Å². The zero-order valence-corrected chi connectivity index (χ0v) is 17.0. The molecule has 3 rings (SSSR count). The smallest absolute Gasteiger partial charge is 0.224 e. The lowest BCUT2D eigenvalue weighted by Crippen LogP contribution is -2.43. The van der Waals surface area contributed by atoms with E-state index in [4.69, 9.17) is 0 Å². The molecule has 0 aromatic heterocycles. The molecule has 1 saturated heterocycles. The van der Waals surface area contributed by atoms with Crippen molar-refractivity contribution >= 4 is 17.7 Å². The summed E-state index contributed by atoms with van der Waals surface area (Å²) in [6.45, 7) is 5.77. The third-order valence-electron chi connectivity index (χ3n) is 5.06. The first kappa shape index (κ1) is 20.0. The van der Waals surface area contributed by atoms with Crippen molar-refractivity contribution in [2.24, 2.45) is 5.92 Å². The number of piperidine rings is 1. The maximum Gasteiger partial charge on any atom is 0.224 e. The fourth-order valence-electron chi connectivity index (χ4n) is 3.52. The lowest BCUT2D eigenvalue weighted by Gasteiger charge is -2.32. The molecule has 0 spiro atoms. The van der Waals surface area contributed by atoms with Crippen LogP contribution in [0.1, 0.15) is 29.5 Å². The Hall–Kier alpha value is -1.78. The monoisotopic (exact) mass is 382 g/mol. The molecule has 2 aromatic carbocycles. The highest BCUT2D eigenvalue weighted by Gasteiger charge is 2.25. The average molecular weight is 383 g/mol. The fraction of sp³-hybridized carbons (Fsp3) is 0.435. The van der Waals surface area contributed by atoms with E-state index in [9.17, 15) is 4.79 Å². The Morgan fingerprint density at radius 1 is 1.11 bits per heavy atom. The minimum atomic E-state index is 0.129. The van der Waals surface area contributed by atoms with Crippen LogP contribution in [0.15, 0.2) is 54.6 Å². The second kappa shape index (κ2) is 10.5. The van der Waals surface area contributed by atoms with Crippen molar-refractivity contribution in [2.45, 2.75) is 32.1 Å². The Labute approximate surface area is 167 Å². The van der Waals surface area contributed by atoms with Crippen molar-refractivity contribution in [1.29, 1.82) is 0 Å². The van der Waals surface area contributed by atoms with Crippen molar-refractivity contribution in [1.82, 2.24) is 10.2 Å². The van der Waals surface area contributed by atoms with Gasteiger partial charge in [0.2, 0.25) is 5.91 Å². The summed E-state index contributed by atoms with van der Waals surface area (Å²) in [7, 11) is 0. The molecule has 1 aliphatic rings. The summed E-state index contributed by atoms with van der Waals surface area (Å²) in [6.07, 6.45) is 2.11. The average Bonchev–Trinajstić information content (AvgIpc) is 2.70. The van der Waals surface area contributed by atoms with Crippen molar-refractivity contribution in [3.05, 3.63) is 71.3 Å². The minimum absolute atomic E-state index is 0.129. The maximum atomic E-state index is 12.5. The predicted molar refractivity (Wildman–Crippen MR) is 115 cm³/mol. The molecule has 1 atom stereocenters. The van der Waals surface area contributed by atoms with E-state index in [1.807, 2.05) is 17.8 Å². The van der Waals surface area contributed by atoms with Crippen LogP contribution >= 0.6 is 11.8 Å². The number of rotatable bonds is 8. The van der Waals surface area contributed by atoms with Gasteiger partial charge in [0.1, 0.15) is 0 Å². The molecule has 1 unspecified atom stereocenters. The van der Waals surface area contributed by atoms with Gasteiger partial charge in [0.05, 0.1) is 5.92 Å². The van der Waals surface area contributed by atoms with Gasteiger partial charge in [-0.05, 0) is 37.4 Å². The van der Waals surface area contributed by atoms with Crippen LogP contribution in [0.4, 0.5) is 0 Å². The third kappa shape index (κ3) is 6.71. The number of nitrogens with one attached hydrogen (secondary N) is 1. The number of likely N-dealkylation sites (tertiary alicyclic amines) is 1. The van der Waals surface area contributed by atoms with Crippen LogP contribution in [0, 0.1) is 12.8 Å². The van der Waals surface area contributed by atoms with Crippen LogP contribution in [-0.4, -0.2) is 36.2 Å². The molecule has 2 aromatic rings. The maximum absolute atomic E-state index is 12.5. The molecule has 1 aliphatic heterocycles. The number of benzene rings is 2. The number of hydrogen-bond acceptors (Lipinski definition) is 3. The minimum Gasteiger partial charge on any atom is -0.355 e. The second-order valence-corrected chi connectivity index (χ2v) is 8.49. The molecule has 1 fully saturated rings. The van der Waals surface area contributed by atoms with Crippen LogP contribution in [0.25, 0.3) is 0 Å². The third-order valence-corrected chi connectivity index (χ3v) is 6.09. The molecule has 1 N–H and O–H groups in total. The lowest BCUT2D eigenvalue weighted by molar-refractivity contribution is -0.126. The molecule has 0 saturated carbocycles. The summed E-state index contributed by atoms with van der Waals surface area (Å²) in [6, 6.07) is 19.2. The second-order valence-electron chi connectivity index (χ2n) is 7.39. The Morgan fingerprint density at radius 2 is 1.89 bits per heavy atom. The first-order valence-corrected chi connectivity index (χ1v) is 11.0. The van der Waals surface area contributed by atoms with Crippen LogP contribution in [-0.2, 0) is 17.1 Å². The number of aryl methyl sites for hydroxylation is 1. The molecule has 0 bridgehead atoms. The van der Waals surface area contributed by atoms with Crippen LogP contribution in [0.3, 0.4) is 0 Å². The standard InChI is InChI=1S/C23H30N2OS/c1-19-9-11-21(12-10-19)18-27-15-13-24-23(26)22-8-5-14-25(17-22)16-20-6-3-2-4-7-20/h2-4,6-7,9-12,22H,5,8,13-18H2,1H3,(H,24,26). The van der Waals surface area contributed by atoms with Gasteiger partial charge >= 0.3 is 0 Å². The van der Waals surface area contributed by atoms with Gasteiger partial charge in [-0.1, -0.05) is 60.2 Å². The van der Waals surface area contributed by atoms with Crippen molar-refractivity contribution in [3.63, 3.8) is 0 Å². The van der Waals surface area contributed by atoms with Gasteiger partial charge in [-0.2, -0.15) is 11.8 Å². The van der Waals surface area contributed by atoms with Gasteiger partial charge in [0.25, 0.3) is 0 Å². The Kier molecular flexibility index (Phi) is 7.79. The van der Waals surface area contributed by atoms with Crippen LogP contribution < -0.4 is 5.32 Å². The molecule has 0 radical (unpaired) electrons. The summed E-state index contributed by atoms with van der Waals surface area (Å²) in [5.74, 6) is 2.32. The fourth-order valence-corrected chi connectivity index (χ4v) is 4.34. The van der Waals surface area contributed by atoms with Crippen molar-refractivity contribution in [3.8, 4) is 0 Å². The molecule has 27 heavy (non-hydrogen) atoms. The molecule has 4 heteroatoms. The SMILES string of the molecule is Cc1ccc(CSCCNC(=O)C2CCCN(Cc3ccccc3)C2)cc1. The normalized spacial score (nSPS) is 17.6. The highest BCUT2D eigenvalue weighted by Crippen LogP contribution is 2.19. The van der Waals surface area contributed by atoms with E-state index in [1.165, 1.54) is 16.7 Å². The lowest BCUT2D eigenvalue weighted by atomic mass is 9.96. The van der Waals surface area contributed by atoms with E-state index >= 15 is 0 Å².